The Morgan fingerprint density at radius 2 is 2.20 bits per heavy atom. The molecule has 0 radical (unpaired) electrons. The van der Waals surface area contributed by atoms with Gasteiger partial charge in [0.15, 0.2) is 6.10 Å². The number of nitrogens with zero attached hydrogens (tertiary/aromatic N) is 1. The largest absolute Gasteiger partial charge is 0.507 e. The van der Waals surface area contributed by atoms with Gasteiger partial charge in [-0.05, 0) is 49.8 Å². The standard InChI is InChI=1S/C20H25NO4/c1-3-5-11-25-19(20(23)24-4-2)17-14-7-6-10-21-16(14)12-15(18(17)22)13-8-9-13/h6-7,10,12-13,19,22H,3-5,8-9,11H2,1-2H3. The summed E-state index contributed by atoms with van der Waals surface area (Å²) in [6, 6.07) is 5.60. The average molecular weight is 343 g/mol. The minimum atomic E-state index is -0.933. The van der Waals surface area contributed by atoms with Crippen LogP contribution in [0.25, 0.3) is 10.9 Å². The summed E-state index contributed by atoms with van der Waals surface area (Å²) < 4.78 is 11.1. The van der Waals surface area contributed by atoms with Gasteiger partial charge in [0.05, 0.1) is 12.1 Å². The first-order chi connectivity index (χ1) is 12.2. The van der Waals surface area contributed by atoms with Crippen LogP contribution in [0.2, 0.25) is 0 Å². The van der Waals surface area contributed by atoms with Crippen molar-refractivity contribution in [3.8, 4) is 5.75 Å². The van der Waals surface area contributed by atoms with E-state index in [0.717, 1.165) is 42.1 Å². The molecule has 5 nitrogen and oxygen atoms in total. The Labute approximate surface area is 148 Å². The van der Waals surface area contributed by atoms with Crippen LogP contribution >= 0.6 is 0 Å². The maximum Gasteiger partial charge on any atom is 0.340 e. The van der Waals surface area contributed by atoms with E-state index in [1.54, 1.807) is 19.2 Å². The molecule has 1 aliphatic carbocycles. The molecular formula is C20H25NO4. The molecule has 0 saturated heterocycles. The normalized spacial score (nSPS) is 15.3. The quantitative estimate of drug-likeness (QED) is 0.573. The van der Waals surface area contributed by atoms with Crippen LogP contribution in [0, 0.1) is 0 Å². The lowest BCUT2D eigenvalue weighted by molar-refractivity contribution is -0.157. The van der Waals surface area contributed by atoms with Crippen LogP contribution in [0.4, 0.5) is 0 Å². The predicted octanol–water partition coefficient (Wildman–Crippen LogP) is 4.24. The molecule has 5 heteroatoms. The van der Waals surface area contributed by atoms with Crippen molar-refractivity contribution in [3.63, 3.8) is 0 Å². The predicted molar refractivity (Wildman–Crippen MR) is 95.6 cm³/mol. The van der Waals surface area contributed by atoms with Crippen LogP contribution in [0.1, 0.15) is 62.7 Å². The van der Waals surface area contributed by atoms with Gasteiger partial charge in [0.1, 0.15) is 5.75 Å². The van der Waals surface area contributed by atoms with Crippen molar-refractivity contribution in [1.29, 1.82) is 0 Å². The number of aromatic hydroxyl groups is 1. The van der Waals surface area contributed by atoms with Crippen molar-refractivity contribution >= 4 is 16.9 Å². The first-order valence-electron chi connectivity index (χ1n) is 9.06. The van der Waals surface area contributed by atoms with Crippen molar-refractivity contribution in [3.05, 3.63) is 35.5 Å². The molecule has 0 amide bonds. The monoisotopic (exact) mass is 343 g/mol. The molecule has 1 heterocycles. The number of fused-ring (bicyclic) bond motifs is 1. The number of ether oxygens (including phenoxy) is 2. The van der Waals surface area contributed by atoms with E-state index < -0.39 is 12.1 Å². The highest BCUT2D eigenvalue weighted by Gasteiger charge is 2.34. The van der Waals surface area contributed by atoms with Crippen molar-refractivity contribution in [1.82, 2.24) is 4.98 Å². The SMILES string of the molecule is CCCCOC(C(=O)OCC)c1c(O)c(C2CC2)cc2ncccc12. The molecule has 0 spiro atoms. The Bertz CT molecular complexity index is 755. The van der Waals surface area contributed by atoms with Crippen LogP contribution < -0.4 is 0 Å². The Morgan fingerprint density at radius 1 is 1.40 bits per heavy atom. The Balaban J connectivity index is 2.10. The number of carbonyl (C=O) groups excluding carboxylic acids is 1. The molecule has 2 aromatic rings. The van der Waals surface area contributed by atoms with Gasteiger partial charge in [-0.15, -0.1) is 0 Å². The number of phenols is 1. The topological polar surface area (TPSA) is 68.7 Å². The first kappa shape index (κ1) is 17.7. The fourth-order valence-corrected chi connectivity index (χ4v) is 3.06. The number of benzene rings is 1. The summed E-state index contributed by atoms with van der Waals surface area (Å²) in [5.74, 6) is 0.0215. The number of unbranched alkanes of at least 4 members (excludes halogenated alkanes) is 1. The number of rotatable bonds is 8. The molecule has 134 valence electrons. The molecule has 1 fully saturated rings. The van der Waals surface area contributed by atoms with Crippen molar-refractivity contribution in [2.45, 2.75) is 51.6 Å². The van der Waals surface area contributed by atoms with Gasteiger partial charge >= 0.3 is 5.97 Å². The molecule has 1 N–H and O–H groups in total. The van der Waals surface area contributed by atoms with Gasteiger partial charge in [0.2, 0.25) is 0 Å². The highest BCUT2D eigenvalue weighted by atomic mass is 16.6. The fraction of sp³-hybridized carbons (Fsp3) is 0.500. The molecule has 1 atom stereocenters. The van der Waals surface area contributed by atoms with Gasteiger partial charge in [0.25, 0.3) is 0 Å². The Kier molecular flexibility index (Phi) is 5.53. The van der Waals surface area contributed by atoms with Crippen LogP contribution in [0.3, 0.4) is 0 Å². The lowest BCUT2D eigenvalue weighted by Gasteiger charge is -2.21. The molecular weight excluding hydrogens is 318 g/mol. The summed E-state index contributed by atoms with van der Waals surface area (Å²) in [5, 5.41) is 11.7. The van der Waals surface area contributed by atoms with E-state index >= 15 is 0 Å². The number of aromatic nitrogens is 1. The zero-order chi connectivity index (χ0) is 17.8. The molecule has 25 heavy (non-hydrogen) atoms. The maximum atomic E-state index is 12.6. The number of esters is 1. The van der Waals surface area contributed by atoms with Crippen LogP contribution in [-0.2, 0) is 14.3 Å². The summed E-state index contributed by atoms with van der Waals surface area (Å²) >= 11 is 0. The number of hydrogen-bond acceptors (Lipinski definition) is 5. The minimum absolute atomic E-state index is 0.151. The van der Waals surface area contributed by atoms with Gasteiger partial charge in [-0.3, -0.25) is 4.98 Å². The van der Waals surface area contributed by atoms with Crippen LogP contribution in [-0.4, -0.2) is 29.3 Å². The zero-order valence-corrected chi connectivity index (χ0v) is 14.8. The van der Waals surface area contributed by atoms with E-state index in [4.69, 9.17) is 9.47 Å². The third kappa shape index (κ3) is 3.76. The second kappa shape index (κ2) is 7.83. The van der Waals surface area contributed by atoms with Gasteiger partial charge in [-0.25, -0.2) is 4.79 Å². The molecule has 0 bridgehead atoms. The average Bonchev–Trinajstić information content (AvgIpc) is 3.44. The van der Waals surface area contributed by atoms with E-state index in [2.05, 4.69) is 11.9 Å². The number of phenolic OH excluding ortho intramolecular Hbond substituents is 1. The molecule has 1 unspecified atom stereocenters. The van der Waals surface area contributed by atoms with Crippen molar-refractivity contribution in [2.75, 3.05) is 13.2 Å². The molecule has 1 aliphatic rings. The summed E-state index contributed by atoms with van der Waals surface area (Å²) in [5.41, 5.74) is 2.11. The van der Waals surface area contributed by atoms with E-state index in [1.165, 1.54) is 0 Å². The lowest BCUT2D eigenvalue weighted by Crippen LogP contribution is -2.20. The van der Waals surface area contributed by atoms with Gasteiger partial charge in [-0.2, -0.15) is 0 Å². The summed E-state index contributed by atoms with van der Waals surface area (Å²) in [4.78, 5) is 17.0. The summed E-state index contributed by atoms with van der Waals surface area (Å²) in [6.45, 7) is 4.54. The minimum Gasteiger partial charge on any atom is -0.507 e. The highest BCUT2D eigenvalue weighted by Crippen LogP contribution is 2.48. The third-order valence-corrected chi connectivity index (χ3v) is 4.51. The number of carbonyl (C=O) groups is 1. The third-order valence-electron chi connectivity index (χ3n) is 4.51. The first-order valence-corrected chi connectivity index (χ1v) is 9.06. The summed E-state index contributed by atoms with van der Waals surface area (Å²) in [7, 11) is 0. The maximum absolute atomic E-state index is 12.6. The summed E-state index contributed by atoms with van der Waals surface area (Å²) in [6.07, 6.45) is 4.69. The van der Waals surface area contributed by atoms with Crippen LogP contribution in [0.5, 0.6) is 5.75 Å². The molecule has 1 aromatic carbocycles. The molecule has 0 aliphatic heterocycles. The smallest absolute Gasteiger partial charge is 0.340 e. The number of pyridine rings is 1. The van der Waals surface area contributed by atoms with Gasteiger partial charge in [0, 0.05) is 23.8 Å². The fourth-order valence-electron chi connectivity index (χ4n) is 3.06. The van der Waals surface area contributed by atoms with E-state index in [0.29, 0.717) is 18.1 Å². The highest BCUT2D eigenvalue weighted by molar-refractivity contribution is 5.91. The Hall–Kier alpha value is -2.14. The van der Waals surface area contributed by atoms with E-state index in [-0.39, 0.29) is 12.4 Å². The molecule has 1 saturated carbocycles. The van der Waals surface area contributed by atoms with Gasteiger partial charge in [-0.1, -0.05) is 19.4 Å². The zero-order valence-electron chi connectivity index (χ0n) is 14.8. The van der Waals surface area contributed by atoms with Crippen molar-refractivity contribution < 1.29 is 19.4 Å². The Morgan fingerprint density at radius 3 is 2.88 bits per heavy atom. The van der Waals surface area contributed by atoms with Gasteiger partial charge < -0.3 is 14.6 Å². The second-order valence-corrected chi connectivity index (χ2v) is 6.43. The lowest BCUT2D eigenvalue weighted by atomic mass is 9.96. The van der Waals surface area contributed by atoms with Crippen molar-refractivity contribution in [2.24, 2.45) is 0 Å². The van der Waals surface area contributed by atoms with Crippen LogP contribution in [0.15, 0.2) is 24.4 Å². The second-order valence-electron chi connectivity index (χ2n) is 6.43. The molecule has 3 rings (SSSR count). The van der Waals surface area contributed by atoms with E-state index in [1.807, 2.05) is 12.1 Å². The number of hydrogen-bond donors (Lipinski definition) is 1. The van der Waals surface area contributed by atoms with E-state index in [9.17, 15) is 9.90 Å². The molecule has 1 aromatic heterocycles.